The third-order valence-corrected chi connectivity index (χ3v) is 7.22. The van der Waals surface area contributed by atoms with Crippen LogP contribution in [0.1, 0.15) is 62.7 Å². The molecule has 0 aromatic heterocycles. The Bertz CT molecular complexity index is 857. The Morgan fingerprint density at radius 2 is 1.97 bits per heavy atom. The number of likely N-dealkylation sites (tertiary alicyclic amines) is 1. The first kappa shape index (κ1) is 22.6. The molecule has 4 atom stereocenters. The monoisotopic (exact) mass is 441 g/mol. The number of hydrogen-bond acceptors (Lipinski definition) is 4. The van der Waals surface area contributed by atoms with Crippen LogP contribution >= 0.6 is 0 Å². The van der Waals surface area contributed by atoms with Crippen LogP contribution in [0.2, 0.25) is 0 Å². The normalized spacial score (nSPS) is 27.0. The number of hydrogen-bond donors (Lipinski definition) is 1. The van der Waals surface area contributed by atoms with E-state index in [0.29, 0.717) is 44.0 Å². The van der Waals surface area contributed by atoms with Crippen LogP contribution in [0.4, 0.5) is 0 Å². The lowest BCUT2D eigenvalue weighted by Crippen LogP contribution is -2.67. The van der Waals surface area contributed by atoms with Crippen LogP contribution in [0.3, 0.4) is 0 Å². The summed E-state index contributed by atoms with van der Waals surface area (Å²) in [7, 11) is 0. The number of nitrogens with one attached hydrogen (secondary N) is 1. The van der Waals surface area contributed by atoms with E-state index in [1.54, 1.807) is 0 Å². The summed E-state index contributed by atoms with van der Waals surface area (Å²) in [5.41, 5.74) is 0.610. The van der Waals surface area contributed by atoms with Crippen LogP contribution in [0.15, 0.2) is 24.3 Å². The summed E-state index contributed by atoms with van der Waals surface area (Å²) in [5, 5.41) is 2.93. The largest absolute Gasteiger partial charge is 0.493 e. The molecule has 4 rings (SSSR count). The highest BCUT2D eigenvalue weighted by atomic mass is 16.5. The van der Waals surface area contributed by atoms with E-state index in [9.17, 15) is 14.4 Å². The lowest BCUT2D eigenvalue weighted by atomic mass is 9.72. The maximum atomic E-state index is 13.6. The van der Waals surface area contributed by atoms with E-state index >= 15 is 0 Å². The average molecular weight is 442 g/mol. The highest BCUT2D eigenvalue weighted by Crippen LogP contribution is 2.42. The molecule has 1 aromatic carbocycles. The molecule has 3 amide bonds. The number of carbonyl (C=O) groups is 3. The van der Waals surface area contributed by atoms with Crippen LogP contribution in [-0.2, 0) is 9.59 Å². The van der Waals surface area contributed by atoms with Gasteiger partial charge in [-0.3, -0.25) is 14.4 Å². The van der Waals surface area contributed by atoms with Crippen LogP contribution < -0.4 is 10.1 Å². The van der Waals surface area contributed by atoms with Crippen molar-refractivity contribution in [2.24, 2.45) is 11.8 Å². The van der Waals surface area contributed by atoms with Crippen molar-refractivity contribution < 1.29 is 19.1 Å². The molecule has 2 bridgehead atoms. The van der Waals surface area contributed by atoms with Crippen molar-refractivity contribution in [1.82, 2.24) is 15.1 Å². The van der Waals surface area contributed by atoms with Gasteiger partial charge in [-0.25, -0.2) is 0 Å². The van der Waals surface area contributed by atoms with Crippen LogP contribution in [0, 0.1) is 11.8 Å². The molecular formula is C25H35N3O4. The number of carbonyl (C=O) groups excluding carboxylic acids is 3. The van der Waals surface area contributed by atoms with E-state index in [4.69, 9.17) is 4.74 Å². The Morgan fingerprint density at radius 3 is 2.75 bits per heavy atom. The number of ether oxygens (including phenoxy) is 1. The van der Waals surface area contributed by atoms with Crippen molar-refractivity contribution in [2.75, 3.05) is 26.2 Å². The van der Waals surface area contributed by atoms with Gasteiger partial charge in [-0.15, -0.1) is 0 Å². The molecular weight excluding hydrogens is 406 g/mol. The molecule has 3 aliphatic rings. The Labute approximate surface area is 190 Å². The number of nitrogens with zero attached hydrogens (tertiary/aromatic N) is 2. The van der Waals surface area contributed by atoms with Gasteiger partial charge >= 0.3 is 0 Å². The topological polar surface area (TPSA) is 79.0 Å². The maximum Gasteiger partial charge on any atom is 0.257 e. The minimum absolute atomic E-state index is 0.000613. The highest BCUT2D eigenvalue weighted by molar-refractivity contribution is 5.97. The fourth-order valence-corrected chi connectivity index (χ4v) is 5.72. The maximum absolute atomic E-state index is 13.6. The minimum Gasteiger partial charge on any atom is -0.493 e. The first-order valence-corrected chi connectivity index (χ1v) is 12.1. The average Bonchev–Trinajstić information content (AvgIpc) is 2.79. The number of piperidine rings is 3. The van der Waals surface area contributed by atoms with Gasteiger partial charge in [-0.2, -0.15) is 0 Å². The van der Waals surface area contributed by atoms with Gasteiger partial charge in [0.2, 0.25) is 11.8 Å². The third kappa shape index (κ3) is 4.62. The van der Waals surface area contributed by atoms with Gasteiger partial charge in [0.15, 0.2) is 0 Å². The van der Waals surface area contributed by atoms with Crippen molar-refractivity contribution in [3.63, 3.8) is 0 Å². The SMILES string of the molecule is CCCCOc1ccccc1C(=O)N1C[C@H]2C[C@@H](C1)[C@H](CNC(C)=O)N1C(=O)CCC[C@@H]21. The molecule has 3 saturated heterocycles. The molecule has 3 heterocycles. The van der Waals surface area contributed by atoms with Crippen molar-refractivity contribution in [2.45, 2.75) is 64.5 Å². The lowest BCUT2D eigenvalue weighted by Gasteiger charge is -2.56. The first-order chi connectivity index (χ1) is 15.5. The molecule has 0 spiro atoms. The van der Waals surface area contributed by atoms with Gasteiger partial charge in [-0.05, 0) is 49.7 Å². The van der Waals surface area contributed by atoms with Crippen LogP contribution in [0.5, 0.6) is 5.75 Å². The van der Waals surface area contributed by atoms with Crippen molar-refractivity contribution in [3.05, 3.63) is 29.8 Å². The van der Waals surface area contributed by atoms with E-state index in [1.165, 1.54) is 6.92 Å². The van der Waals surface area contributed by atoms with Gasteiger partial charge in [0.25, 0.3) is 5.91 Å². The van der Waals surface area contributed by atoms with Crippen LogP contribution in [0.25, 0.3) is 0 Å². The minimum atomic E-state index is -0.0879. The fraction of sp³-hybridized carbons (Fsp3) is 0.640. The number of para-hydroxylation sites is 1. The molecule has 3 aliphatic heterocycles. The van der Waals surface area contributed by atoms with Crippen molar-refractivity contribution in [3.8, 4) is 5.75 Å². The number of unbranched alkanes of at least 4 members (excludes halogenated alkanes) is 1. The zero-order valence-corrected chi connectivity index (χ0v) is 19.2. The second kappa shape index (κ2) is 9.92. The quantitative estimate of drug-likeness (QED) is 0.660. The Morgan fingerprint density at radius 1 is 1.19 bits per heavy atom. The van der Waals surface area contributed by atoms with E-state index < -0.39 is 0 Å². The van der Waals surface area contributed by atoms with Crippen molar-refractivity contribution >= 4 is 17.7 Å². The summed E-state index contributed by atoms with van der Waals surface area (Å²) < 4.78 is 5.92. The molecule has 174 valence electrons. The highest BCUT2D eigenvalue weighted by Gasteiger charge is 2.50. The van der Waals surface area contributed by atoms with Gasteiger partial charge in [0, 0.05) is 39.0 Å². The molecule has 1 aromatic rings. The van der Waals surface area contributed by atoms with Gasteiger partial charge in [-0.1, -0.05) is 25.5 Å². The zero-order valence-electron chi connectivity index (χ0n) is 19.2. The molecule has 0 radical (unpaired) electrons. The van der Waals surface area contributed by atoms with Crippen LogP contribution in [-0.4, -0.2) is 65.8 Å². The predicted molar refractivity (Wildman–Crippen MR) is 121 cm³/mol. The number of benzene rings is 1. The Balaban J connectivity index is 1.55. The number of amides is 3. The van der Waals surface area contributed by atoms with E-state index in [1.807, 2.05) is 29.2 Å². The fourth-order valence-electron chi connectivity index (χ4n) is 5.72. The molecule has 0 aliphatic carbocycles. The summed E-state index contributed by atoms with van der Waals surface area (Å²) in [6, 6.07) is 7.59. The molecule has 3 fully saturated rings. The van der Waals surface area contributed by atoms with E-state index in [-0.39, 0.29) is 41.6 Å². The van der Waals surface area contributed by atoms with Gasteiger partial charge in [0.05, 0.1) is 18.2 Å². The lowest BCUT2D eigenvalue weighted by molar-refractivity contribution is -0.151. The smallest absolute Gasteiger partial charge is 0.257 e. The standard InChI is InChI=1S/C25H35N3O4/c1-3-4-12-32-23-10-6-5-8-20(23)25(31)27-15-18-13-19(16-27)22(14-26-17(2)29)28-21(18)9-7-11-24(28)30/h5-6,8,10,18-19,21-22H,3-4,7,9,11-16H2,1-2H3,(H,26,29)/t18-,19+,21+,22+/m1/s1. The van der Waals surface area contributed by atoms with E-state index in [0.717, 1.165) is 32.1 Å². The first-order valence-electron chi connectivity index (χ1n) is 12.1. The molecule has 0 unspecified atom stereocenters. The summed E-state index contributed by atoms with van der Waals surface area (Å²) in [5.74, 6) is 1.20. The van der Waals surface area contributed by atoms with Crippen molar-refractivity contribution in [1.29, 1.82) is 0 Å². The Kier molecular flexibility index (Phi) is 7.01. The van der Waals surface area contributed by atoms with E-state index in [2.05, 4.69) is 17.1 Å². The molecule has 1 N–H and O–H groups in total. The Hall–Kier alpha value is -2.57. The zero-order chi connectivity index (χ0) is 22.7. The third-order valence-electron chi connectivity index (χ3n) is 7.22. The summed E-state index contributed by atoms with van der Waals surface area (Å²) >= 11 is 0. The predicted octanol–water partition coefficient (Wildman–Crippen LogP) is 2.84. The van der Waals surface area contributed by atoms with Gasteiger partial charge in [0.1, 0.15) is 5.75 Å². The summed E-state index contributed by atoms with van der Waals surface area (Å²) in [6.07, 6.45) is 5.44. The second-order valence-corrected chi connectivity index (χ2v) is 9.43. The molecule has 7 nitrogen and oxygen atoms in total. The molecule has 0 saturated carbocycles. The van der Waals surface area contributed by atoms with Gasteiger partial charge < -0.3 is 19.9 Å². The summed E-state index contributed by atoms with van der Waals surface area (Å²) in [6.45, 7) is 5.94. The summed E-state index contributed by atoms with van der Waals surface area (Å²) in [4.78, 5) is 42.0. The number of rotatable bonds is 7. The molecule has 7 heteroatoms. The molecule has 32 heavy (non-hydrogen) atoms. The second-order valence-electron chi connectivity index (χ2n) is 9.43. The number of fused-ring (bicyclic) bond motifs is 4.